The van der Waals surface area contributed by atoms with Crippen LogP contribution in [0.5, 0.6) is 0 Å². The summed E-state index contributed by atoms with van der Waals surface area (Å²) in [6, 6.07) is 5.78. The first-order valence-electron chi connectivity index (χ1n) is 7.08. The maximum Gasteiger partial charge on any atom is 0.306 e. The van der Waals surface area contributed by atoms with Gasteiger partial charge < -0.3 is 5.11 Å². The quantitative estimate of drug-likeness (QED) is 0.915. The fourth-order valence-electron chi connectivity index (χ4n) is 2.78. The molecule has 21 heavy (non-hydrogen) atoms. The van der Waals surface area contributed by atoms with Crippen molar-refractivity contribution in [2.24, 2.45) is 5.92 Å². The molecular weight excluding hydrogens is 266 g/mol. The summed E-state index contributed by atoms with van der Waals surface area (Å²) in [4.78, 5) is 24.7. The first kappa shape index (κ1) is 13.7. The topological polar surface area (TPSA) is 76.0 Å². The number of carbonyl (C=O) groups is 1. The molecule has 3 rings (SSSR count). The minimum atomic E-state index is -0.732. The zero-order valence-electron chi connectivity index (χ0n) is 12.1. The Morgan fingerprint density at radius 3 is 2.76 bits per heavy atom. The van der Waals surface area contributed by atoms with Crippen molar-refractivity contribution in [2.45, 2.75) is 33.1 Å². The molecular formula is C16H17N3O2. The number of aliphatic carboxylic acids is 1. The molecule has 0 aliphatic heterocycles. The van der Waals surface area contributed by atoms with Crippen molar-refractivity contribution >= 4 is 5.97 Å². The van der Waals surface area contributed by atoms with Crippen LogP contribution in [0, 0.1) is 19.8 Å². The lowest BCUT2D eigenvalue weighted by Gasteiger charge is -2.22. The van der Waals surface area contributed by atoms with Gasteiger partial charge in [-0.1, -0.05) is 6.07 Å². The van der Waals surface area contributed by atoms with E-state index in [2.05, 4.69) is 15.0 Å². The highest BCUT2D eigenvalue weighted by molar-refractivity contribution is 5.71. The Labute approximate surface area is 123 Å². The zero-order chi connectivity index (χ0) is 15.0. The summed E-state index contributed by atoms with van der Waals surface area (Å²) in [5, 5.41) is 9.17. The number of aromatic nitrogens is 3. The van der Waals surface area contributed by atoms with Gasteiger partial charge in [0.1, 0.15) is 5.69 Å². The van der Waals surface area contributed by atoms with Crippen molar-refractivity contribution in [3.05, 3.63) is 40.8 Å². The Balaban J connectivity index is 2.01. The summed E-state index contributed by atoms with van der Waals surface area (Å²) < 4.78 is 0. The molecule has 0 fully saturated rings. The van der Waals surface area contributed by atoms with E-state index < -0.39 is 5.97 Å². The van der Waals surface area contributed by atoms with Gasteiger partial charge in [-0.05, 0) is 50.8 Å². The van der Waals surface area contributed by atoms with Crippen molar-refractivity contribution in [1.29, 1.82) is 0 Å². The lowest BCUT2D eigenvalue weighted by molar-refractivity contribution is -0.142. The van der Waals surface area contributed by atoms with Gasteiger partial charge in [-0.25, -0.2) is 15.0 Å². The molecule has 1 unspecified atom stereocenters. The van der Waals surface area contributed by atoms with Crippen LogP contribution in [0.4, 0.5) is 0 Å². The van der Waals surface area contributed by atoms with Gasteiger partial charge in [-0.15, -0.1) is 0 Å². The molecule has 1 aliphatic carbocycles. The van der Waals surface area contributed by atoms with Crippen LogP contribution in [0.3, 0.4) is 0 Å². The second kappa shape index (κ2) is 5.24. The van der Waals surface area contributed by atoms with Gasteiger partial charge in [0.15, 0.2) is 5.82 Å². The van der Waals surface area contributed by atoms with Gasteiger partial charge in [0.05, 0.1) is 5.92 Å². The van der Waals surface area contributed by atoms with E-state index in [1.165, 1.54) is 0 Å². The Hall–Kier alpha value is -2.30. The molecule has 0 bridgehead atoms. The number of hydrogen-bond donors (Lipinski definition) is 1. The molecule has 1 atom stereocenters. The van der Waals surface area contributed by atoms with E-state index in [1.807, 2.05) is 32.0 Å². The SMILES string of the molecule is Cc1cccc(-c2nc(C)c3c(n2)CCC(C(=O)O)C3)n1. The molecule has 2 aromatic rings. The fourth-order valence-corrected chi connectivity index (χ4v) is 2.78. The molecule has 2 aromatic heterocycles. The van der Waals surface area contributed by atoms with Gasteiger partial charge in [0.25, 0.3) is 0 Å². The van der Waals surface area contributed by atoms with E-state index in [4.69, 9.17) is 5.11 Å². The summed E-state index contributed by atoms with van der Waals surface area (Å²) in [5.41, 5.74) is 4.52. The van der Waals surface area contributed by atoms with E-state index >= 15 is 0 Å². The molecule has 2 heterocycles. The molecule has 0 spiro atoms. The van der Waals surface area contributed by atoms with Crippen LogP contribution in [0.25, 0.3) is 11.5 Å². The standard InChI is InChI=1S/C16H17N3O2/c1-9-4-3-5-14(17-9)15-18-10(2)12-8-11(16(20)21)6-7-13(12)19-15/h3-5,11H,6-8H2,1-2H3,(H,20,21). The first-order valence-corrected chi connectivity index (χ1v) is 7.08. The van der Waals surface area contributed by atoms with Gasteiger partial charge in [0.2, 0.25) is 0 Å². The van der Waals surface area contributed by atoms with Crippen LogP contribution >= 0.6 is 0 Å². The third kappa shape index (κ3) is 2.63. The van der Waals surface area contributed by atoms with E-state index in [0.29, 0.717) is 25.1 Å². The average molecular weight is 283 g/mol. The third-order valence-corrected chi connectivity index (χ3v) is 3.95. The molecule has 0 saturated heterocycles. The van der Waals surface area contributed by atoms with Crippen LogP contribution in [-0.2, 0) is 17.6 Å². The van der Waals surface area contributed by atoms with Crippen molar-refractivity contribution in [1.82, 2.24) is 15.0 Å². The van der Waals surface area contributed by atoms with Crippen molar-refractivity contribution in [2.75, 3.05) is 0 Å². The first-order chi connectivity index (χ1) is 10.0. The van der Waals surface area contributed by atoms with Crippen molar-refractivity contribution in [3.63, 3.8) is 0 Å². The number of hydrogen-bond acceptors (Lipinski definition) is 4. The normalized spacial score (nSPS) is 17.3. The number of rotatable bonds is 2. The number of carboxylic acids is 1. The largest absolute Gasteiger partial charge is 0.481 e. The summed E-state index contributed by atoms with van der Waals surface area (Å²) in [6.45, 7) is 3.86. The van der Waals surface area contributed by atoms with Crippen molar-refractivity contribution < 1.29 is 9.90 Å². The maximum absolute atomic E-state index is 11.2. The predicted octanol–water partition coefficient (Wildman–Crippen LogP) is 2.34. The molecule has 108 valence electrons. The predicted molar refractivity (Wildman–Crippen MR) is 77.9 cm³/mol. The molecule has 0 amide bonds. The van der Waals surface area contributed by atoms with Crippen molar-refractivity contribution in [3.8, 4) is 11.5 Å². The van der Waals surface area contributed by atoms with Gasteiger partial charge in [-0.2, -0.15) is 0 Å². The average Bonchev–Trinajstić information content (AvgIpc) is 2.46. The highest BCUT2D eigenvalue weighted by Crippen LogP contribution is 2.28. The molecule has 1 N–H and O–H groups in total. The van der Waals surface area contributed by atoms with Crippen LogP contribution in [0.1, 0.15) is 29.1 Å². The summed E-state index contributed by atoms with van der Waals surface area (Å²) >= 11 is 0. The minimum absolute atomic E-state index is 0.317. The molecule has 5 nitrogen and oxygen atoms in total. The lowest BCUT2D eigenvalue weighted by atomic mass is 9.86. The lowest BCUT2D eigenvalue weighted by Crippen LogP contribution is -2.24. The monoisotopic (exact) mass is 283 g/mol. The number of fused-ring (bicyclic) bond motifs is 1. The second-order valence-electron chi connectivity index (χ2n) is 5.50. The Kier molecular flexibility index (Phi) is 3.41. The summed E-state index contributed by atoms with van der Waals surface area (Å²) in [6.07, 6.45) is 1.85. The van der Waals surface area contributed by atoms with Gasteiger partial charge in [-0.3, -0.25) is 4.79 Å². The number of carboxylic acid groups (broad SMARTS) is 1. The van der Waals surface area contributed by atoms with Crippen LogP contribution in [0.2, 0.25) is 0 Å². The van der Waals surface area contributed by atoms with E-state index in [0.717, 1.165) is 28.3 Å². The maximum atomic E-state index is 11.2. The van der Waals surface area contributed by atoms with E-state index in [-0.39, 0.29) is 5.92 Å². The van der Waals surface area contributed by atoms with Crippen LogP contribution in [0.15, 0.2) is 18.2 Å². The van der Waals surface area contributed by atoms with Gasteiger partial charge in [0, 0.05) is 17.1 Å². The van der Waals surface area contributed by atoms with E-state index in [1.54, 1.807) is 0 Å². The van der Waals surface area contributed by atoms with E-state index in [9.17, 15) is 4.79 Å². The number of aryl methyl sites for hydroxylation is 3. The minimum Gasteiger partial charge on any atom is -0.481 e. The molecule has 0 radical (unpaired) electrons. The Bertz CT molecular complexity index is 713. The third-order valence-electron chi connectivity index (χ3n) is 3.95. The highest BCUT2D eigenvalue weighted by atomic mass is 16.4. The fraction of sp³-hybridized carbons (Fsp3) is 0.375. The molecule has 0 aromatic carbocycles. The highest BCUT2D eigenvalue weighted by Gasteiger charge is 2.27. The number of pyridine rings is 1. The smallest absolute Gasteiger partial charge is 0.306 e. The zero-order valence-corrected chi connectivity index (χ0v) is 12.1. The Morgan fingerprint density at radius 2 is 2.05 bits per heavy atom. The molecule has 0 saturated carbocycles. The summed E-state index contributed by atoms with van der Waals surface area (Å²) in [7, 11) is 0. The molecule has 5 heteroatoms. The van der Waals surface area contributed by atoms with Crippen LogP contribution in [-0.4, -0.2) is 26.0 Å². The second-order valence-corrected chi connectivity index (χ2v) is 5.50. The molecule has 1 aliphatic rings. The summed E-state index contributed by atoms with van der Waals surface area (Å²) in [5.74, 6) is -0.420. The number of nitrogens with zero attached hydrogens (tertiary/aromatic N) is 3. The van der Waals surface area contributed by atoms with Crippen LogP contribution < -0.4 is 0 Å². The van der Waals surface area contributed by atoms with Gasteiger partial charge >= 0.3 is 5.97 Å². The Morgan fingerprint density at radius 1 is 1.24 bits per heavy atom.